The minimum Gasteiger partial charge on any atom is -0.508 e. The van der Waals surface area contributed by atoms with Crippen molar-refractivity contribution in [1.82, 2.24) is 5.32 Å². The molecule has 1 aliphatic rings. The number of thioether (sulfide) groups is 1. The van der Waals surface area contributed by atoms with Crippen molar-refractivity contribution in [3.8, 4) is 5.75 Å². The predicted octanol–water partition coefficient (Wildman–Crippen LogP) is 2.46. The summed E-state index contributed by atoms with van der Waals surface area (Å²) < 4.78 is 0. The molecule has 2 N–H and O–H groups in total. The number of hydrogen-bond donors (Lipinski definition) is 2. The Labute approximate surface area is 110 Å². The Kier molecular flexibility index (Phi) is 4.25. The van der Waals surface area contributed by atoms with Gasteiger partial charge in [0.2, 0.25) is 5.91 Å². The van der Waals surface area contributed by atoms with Gasteiger partial charge in [-0.05, 0) is 37.0 Å². The molecule has 1 aromatic rings. The summed E-state index contributed by atoms with van der Waals surface area (Å²) in [5.41, 5.74) is 1.17. The van der Waals surface area contributed by atoms with Crippen LogP contribution >= 0.6 is 11.8 Å². The molecule has 1 aromatic carbocycles. The van der Waals surface area contributed by atoms with E-state index in [0.717, 1.165) is 37.4 Å². The zero-order valence-corrected chi connectivity index (χ0v) is 10.7. The summed E-state index contributed by atoms with van der Waals surface area (Å²) >= 11 is 1.09. The molecule has 5 heteroatoms. The number of aromatic hydroxyl groups is 1. The Balaban J connectivity index is 1.68. The molecular formula is C13H15NO3S. The van der Waals surface area contributed by atoms with Gasteiger partial charge in [0.1, 0.15) is 5.75 Å². The van der Waals surface area contributed by atoms with Crippen LogP contribution < -0.4 is 5.32 Å². The molecule has 18 heavy (non-hydrogen) atoms. The molecular weight excluding hydrogens is 250 g/mol. The van der Waals surface area contributed by atoms with Crippen molar-refractivity contribution >= 4 is 22.9 Å². The summed E-state index contributed by atoms with van der Waals surface area (Å²) in [6, 6.07) is 7.15. The highest BCUT2D eigenvalue weighted by Gasteiger charge is 2.30. The van der Waals surface area contributed by atoms with E-state index >= 15 is 0 Å². The molecule has 2 amide bonds. The highest BCUT2D eigenvalue weighted by atomic mass is 32.2. The number of amides is 2. The molecule has 0 unspecified atom stereocenters. The van der Waals surface area contributed by atoms with Crippen LogP contribution in [0.1, 0.15) is 24.8 Å². The fraction of sp³-hybridized carbons (Fsp3) is 0.385. The average molecular weight is 265 g/mol. The van der Waals surface area contributed by atoms with Crippen molar-refractivity contribution in [1.29, 1.82) is 0 Å². The van der Waals surface area contributed by atoms with Crippen molar-refractivity contribution in [2.24, 2.45) is 0 Å². The third kappa shape index (κ3) is 3.50. The first-order valence-corrected chi connectivity index (χ1v) is 6.82. The van der Waals surface area contributed by atoms with Crippen molar-refractivity contribution < 1.29 is 14.7 Å². The first kappa shape index (κ1) is 13.0. The van der Waals surface area contributed by atoms with E-state index in [-0.39, 0.29) is 22.1 Å². The van der Waals surface area contributed by atoms with Gasteiger partial charge in [-0.1, -0.05) is 30.3 Å². The van der Waals surface area contributed by atoms with Crippen molar-refractivity contribution in [2.75, 3.05) is 0 Å². The van der Waals surface area contributed by atoms with Crippen LogP contribution in [0, 0.1) is 0 Å². The van der Waals surface area contributed by atoms with Crippen LogP contribution in [0.5, 0.6) is 5.75 Å². The molecule has 0 aliphatic carbocycles. The van der Waals surface area contributed by atoms with E-state index in [9.17, 15) is 9.59 Å². The molecule has 0 aromatic heterocycles. The fourth-order valence-corrected chi connectivity index (χ4v) is 2.77. The van der Waals surface area contributed by atoms with Gasteiger partial charge < -0.3 is 5.11 Å². The zero-order valence-electron chi connectivity index (χ0n) is 9.89. The van der Waals surface area contributed by atoms with Gasteiger partial charge in [-0.15, -0.1) is 0 Å². The van der Waals surface area contributed by atoms with Gasteiger partial charge in [0.15, 0.2) is 0 Å². The number of unbranched alkanes of at least 4 members (excludes halogenated alkanes) is 1. The van der Waals surface area contributed by atoms with E-state index < -0.39 is 0 Å². The lowest BCUT2D eigenvalue weighted by Gasteiger charge is -2.05. The maximum absolute atomic E-state index is 11.3. The Hall–Kier alpha value is -1.49. The van der Waals surface area contributed by atoms with Gasteiger partial charge in [-0.2, -0.15) is 0 Å². The molecule has 1 fully saturated rings. The van der Waals surface area contributed by atoms with Gasteiger partial charge in [-0.3, -0.25) is 14.9 Å². The Morgan fingerprint density at radius 3 is 2.50 bits per heavy atom. The summed E-state index contributed by atoms with van der Waals surface area (Å²) in [4.78, 5) is 22.3. The normalized spacial score (nSPS) is 19.0. The van der Waals surface area contributed by atoms with E-state index in [1.165, 1.54) is 5.56 Å². The van der Waals surface area contributed by atoms with E-state index in [4.69, 9.17) is 5.11 Å². The Morgan fingerprint density at radius 1 is 1.17 bits per heavy atom. The first-order chi connectivity index (χ1) is 8.65. The second-order valence-electron chi connectivity index (χ2n) is 4.30. The largest absolute Gasteiger partial charge is 0.508 e. The number of phenolic OH excluding ortho intramolecular Hbond substituents is 1. The number of phenols is 1. The third-order valence-electron chi connectivity index (χ3n) is 2.89. The molecule has 1 atom stereocenters. The summed E-state index contributed by atoms with van der Waals surface area (Å²) in [7, 11) is 0. The van der Waals surface area contributed by atoms with Crippen LogP contribution in [0.15, 0.2) is 24.3 Å². The second-order valence-corrected chi connectivity index (χ2v) is 5.47. The van der Waals surface area contributed by atoms with Crippen molar-refractivity contribution in [3.05, 3.63) is 29.8 Å². The van der Waals surface area contributed by atoms with Gasteiger partial charge in [0, 0.05) is 0 Å². The monoisotopic (exact) mass is 265 g/mol. The van der Waals surface area contributed by atoms with E-state index in [1.807, 2.05) is 12.1 Å². The van der Waals surface area contributed by atoms with Crippen LogP contribution in [0.3, 0.4) is 0 Å². The molecule has 96 valence electrons. The van der Waals surface area contributed by atoms with E-state index in [0.29, 0.717) is 0 Å². The zero-order chi connectivity index (χ0) is 13.0. The third-order valence-corrected chi connectivity index (χ3v) is 3.94. The van der Waals surface area contributed by atoms with Crippen LogP contribution in [0.2, 0.25) is 0 Å². The predicted molar refractivity (Wildman–Crippen MR) is 70.6 cm³/mol. The number of rotatable bonds is 5. The van der Waals surface area contributed by atoms with Gasteiger partial charge in [0.25, 0.3) is 5.24 Å². The number of benzene rings is 1. The minimum atomic E-state index is -0.233. The second kappa shape index (κ2) is 5.91. The first-order valence-electron chi connectivity index (χ1n) is 5.94. The number of imide groups is 1. The van der Waals surface area contributed by atoms with Crippen LogP contribution in [0.4, 0.5) is 4.79 Å². The maximum atomic E-state index is 11.3. The number of carbonyl (C=O) groups is 2. The van der Waals surface area contributed by atoms with Crippen LogP contribution in [0.25, 0.3) is 0 Å². The lowest BCUT2D eigenvalue weighted by atomic mass is 10.1. The van der Waals surface area contributed by atoms with Crippen molar-refractivity contribution in [3.63, 3.8) is 0 Å². The SMILES string of the molecule is O=C1NC(=O)[C@H](CCCCc2ccc(O)cc2)S1. The van der Waals surface area contributed by atoms with E-state index in [1.54, 1.807) is 12.1 Å². The summed E-state index contributed by atoms with van der Waals surface area (Å²) in [6.45, 7) is 0. The summed E-state index contributed by atoms with van der Waals surface area (Å²) in [6.07, 6.45) is 3.55. The quantitative estimate of drug-likeness (QED) is 0.803. The average Bonchev–Trinajstić information content (AvgIpc) is 2.66. The highest BCUT2D eigenvalue weighted by Crippen LogP contribution is 2.24. The molecule has 4 nitrogen and oxygen atoms in total. The van der Waals surface area contributed by atoms with Gasteiger partial charge >= 0.3 is 0 Å². The van der Waals surface area contributed by atoms with Crippen LogP contribution in [-0.4, -0.2) is 21.5 Å². The summed E-state index contributed by atoms with van der Waals surface area (Å²) in [5, 5.41) is 11.0. The summed E-state index contributed by atoms with van der Waals surface area (Å²) in [5.74, 6) is 0.117. The molecule has 1 aliphatic heterocycles. The lowest BCUT2D eigenvalue weighted by Crippen LogP contribution is -2.24. The Bertz CT molecular complexity index is 444. The smallest absolute Gasteiger partial charge is 0.286 e. The molecule has 0 bridgehead atoms. The molecule has 0 spiro atoms. The number of carbonyl (C=O) groups excluding carboxylic acids is 2. The van der Waals surface area contributed by atoms with Gasteiger partial charge in [-0.25, -0.2) is 0 Å². The highest BCUT2D eigenvalue weighted by molar-refractivity contribution is 8.15. The molecule has 1 heterocycles. The minimum absolute atomic E-state index is 0.158. The Morgan fingerprint density at radius 2 is 1.89 bits per heavy atom. The number of hydrogen-bond acceptors (Lipinski definition) is 4. The standard InChI is InChI=1S/C13H15NO3S/c15-10-7-5-9(6-8-10)3-1-2-4-11-12(16)14-13(17)18-11/h5-8,11,15H,1-4H2,(H,14,16,17)/t11-/m0/s1. The molecule has 1 saturated heterocycles. The number of aryl methyl sites for hydroxylation is 1. The molecule has 2 rings (SSSR count). The van der Waals surface area contributed by atoms with E-state index in [2.05, 4.69) is 5.32 Å². The molecule has 0 radical (unpaired) electrons. The lowest BCUT2D eigenvalue weighted by molar-refractivity contribution is -0.119. The molecule has 0 saturated carbocycles. The number of nitrogens with one attached hydrogen (secondary N) is 1. The van der Waals surface area contributed by atoms with Gasteiger partial charge in [0.05, 0.1) is 5.25 Å². The topological polar surface area (TPSA) is 66.4 Å². The maximum Gasteiger partial charge on any atom is 0.286 e. The van der Waals surface area contributed by atoms with Crippen molar-refractivity contribution in [2.45, 2.75) is 30.9 Å². The van der Waals surface area contributed by atoms with Crippen LogP contribution in [-0.2, 0) is 11.2 Å². The fourth-order valence-electron chi connectivity index (χ4n) is 1.90.